The van der Waals surface area contributed by atoms with Crippen LogP contribution < -0.4 is 5.32 Å². The normalized spacial score (nSPS) is 10.6. The van der Waals surface area contributed by atoms with E-state index < -0.39 is 0 Å². The summed E-state index contributed by atoms with van der Waals surface area (Å²) in [5, 5.41) is 11.1. The third-order valence-electron chi connectivity index (χ3n) is 3.09. The highest BCUT2D eigenvalue weighted by Gasteiger charge is 2.13. The Kier molecular flexibility index (Phi) is 4.01. The molecule has 3 rings (SSSR count). The van der Waals surface area contributed by atoms with E-state index in [1.165, 1.54) is 6.33 Å². The third-order valence-corrected chi connectivity index (χ3v) is 3.59. The van der Waals surface area contributed by atoms with Crippen LogP contribution in [0.4, 0.5) is 5.69 Å². The first-order valence-electron chi connectivity index (χ1n) is 6.65. The van der Waals surface area contributed by atoms with Gasteiger partial charge in [0.2, 0.25) is 0 Å². The quantitative estimate of drug-likeness (QED) is 0.775. The van der Waals surface area contributed by atoms with Crippen LogP contribution in [0.25, 0.3) is 5.69 Å². The summed E-state index contributed by atoms with van der Waals surface area (Å²) in [5.74, 6) is -0.223. The summed E-state index contributed by atoms with van der Waals surface area (Å²) in [5.41, 5.74) is 1.87. The molecule has 0 unspecified atom stereocenters. The highest BCUT2D eigenvalue weighted by molar-refractivity contribution is 9.10. The van der Waals surface area contributed by atoms with Crippen molar-refractivity contribution in [3.8, 4) is 5.69 Å². The average molecular weight is 361 g/mol. The minimum absolute atomic E-state index is 0.223. The minimum Gasteiger partial charge on any atom is -0.320 e. The number of anilines is 1. The Bertz CT molecular complexity index is 796. The Morgan fingerprint density at radius 1 is 1.36 bits per heavy atom. The summed E-state index contributed by atoms with van der Waals surface area (Å²) < 4.78 is 4.15. The monoisotopic (exact) mass is 360 g/mol. The maximum Gasteiger partial charge on any atom is 0.258 e. The highest BCUT2D eigenvalue weighted by atomic mass is 79.9. The largest absolute Gasteiger partial charge is 0.320 e. The Hall–Kier alpha value is -2.48. The Labute approximate surface area is 135 Å². The van der Waals surface area contributed by atoms with Gasteiger partial charge in [-0.3, -0.25) is 9.48 Å². The van der Waals surface area contributed by atoms with Gasteiger partial charge in [-0.05, 0) is 25.1 Å². The number of nitrogens with one attached hydrogen (secondary N) is 1. The molecule has 2 aromatic heterocycles. The summed E-state index contributed by atoms with van der Waals surface area (Å²) in [4.78, 5) is 16.3. The van der Waals surface area contributed by atoms with Gasteiger partial charge in [0.15, 0.2) is 0 Å². The van der Waals surface area contributed by atoms with Crippen molar-refractivity contribution in [3.63, 3.8) is 0 Å². The number of aromatic nitrogens is 5. The lowest BCUT2D eigenvalue weighted by Crippen LogP contribution is -2.13. The van der Waals surface area contributed by atoms with Gasteiger partial charge in [-0.2, -0.15) is 10.2 Å². The molecular weight excluding hydrogens is 348 g/mol. The van der Waals surface area contributed by atoms with E-state index in [4.69, 9.17) is 0 Å². The van der Waals surface area contributed by atoms with Crippen LogP contribution in [0.1, 0.15) is 17.3 Å². The molecule has 0 aliphatic heterocycles. The standard InChI is InChI=1S/C14H13BrN6O/c1-2-20-7-10(6-17-20)14(22)19-12-5-11(15)3-4-13(12)21-9-16-8-18-21/h3-9H,2H2,1H3,(H,19,22). The molecule has 3 aromatic rings. The number of nitrogens with zero attached hydrogens (tertiary/aromatic N) is 5. The number of benzene rings is 1. The van der Waals surface area contributed by atoms with Crippen LogP contribution in [0.15, 0.2) is 47.7 Å². The van der Waals surface area contributed by atoms with Crippen molar-refractivity contribution in [1.29, 1.82) is 0 Å². The van der Waals surface area contributed by atoms with Crippen molar-refractivity contribution in [1.82, 2.24) is 24.5 Å². The zero-order valence-electron chi connectivity index (χ0n) is 11.8. The molecule has 0 radical (unpaired) electrons. The Morgan fingerprint density at radius 3 is 2.91 bits per heavy atom. The number of aryl methyl sites for hydroxylation is 1. The van der Waals surface area contributed by atoms with Gasteiger partial charge in [0.25, 0.3) is 5.91 Å². The van der Waals surface area contributed by atoms with Crippen molar-refractivity contribution in [2.75, 3.05) is 5.32 Å². The van der Waals surface area contributed by atoms with Crippen molar-refractivity contribution in [2.24, 2.45) is 0 Å². The number of halogens is 1. The van der Waals surface area contributed by atoms with Crippen LogP contribution in [0.5, 0.6) is 0 Å². The summed E-state index contributed by atoms with van der Waals surface area (Å²) >= 11 is 3.41. The predicted octanol–water partition coefficient (Wildman–Crippen LogP) is 2.50. The van der Waals surface area contributed by atoms with Crippen LogP contribution in [0.3, 0.4) is 0 Å². The molecule has 0 saturated carbocycles. The van der Waals surface area contributed by atoms with Gasteiger partial charge in [-0.1, -0.05) is 15.9 Å². The zero-order chi connectivity index (χ0) is 15.5. The Morgan fingerprint density at radius 2 is 2.23 bits per heavy atom. The van der Waals surface area contributed by atoms with Crippen LogP contribution in [-0.4, -0.2) is 30.5 Å². The van der Waals surface area contributed by atoms with Gasteiger partial charge in [-0.15, -0.1) is 0 Å². The fourth-order valence-corrected chi connectivity index (χ4v) is 2.35. The number of rotatable bonds is 4. The van der Waals surface area contributed by atoms with Gasteiger partial charge in [0, 0.05) is 17.2 Å². The molecule has 0 fully saturated rings. The van der Waals surface area contributed by atoms with E-state index in [1.54, 1.807) is 28.1 Å². The lowest BCUT2D eigenvalue weighted by molar-refractivity contribution is 0.102. The maximum absolute atomic E-state index is 12.4. The lowest BCUT2D eigenvalue weighted by Gasteiger charge is -2.10. The van der Waals surface area contributed by atoms with E-state index in [0.717, 1.165) is 10.2 Å². The molecule has 1 aromatic carbocycles. The van der Waals surface area contributed by atoms with Crippen LogP contribution in [-0.2, 0) is 6.54 Å². The molecule has 0 aliphatic carbocycles. The molecule has 8 heteroatoms. The Balaban J connectivity index is 1.91. The second kappa shape index (κ2) is 6.10. The van der Waals surface area contributed by atoms with E-state index in [9.17, 15) is 4.79 Å². The topological polar surface area (TPSA) is 77.6 Å². The average Bonchev–Trinajstić information content (AvgIpc) is 3.19. The molecule has 0 spiro atoms. The smallest absolute Gasteiger partial charge is 0.258 e. The highest BCUT2D eigenvalue weighted by Crippen LogP contribution is 2.24. The van der Waals surface area contributed by atoms with E-state index in [0.29, 0.717) is 17.8 Å². The summed E-state index contributed by atoms with van der Waals surface area (Å²) in [6.45, 7) is 2.68. The van der Waals surface area contributed by atoms with E-state index in [1.807, 2.05) is 25.1 Å². The molecule has 1 N–H and O–H groups in total. The van der Waals surface area contributed by atoms with Gasteiger partial charge >= 0.3 is 0 Å². The van der Waals surface area contributed by atoms with Gasteiger partial charge in [0.1, 0.15) is 12.7 Å². The summed E-state index contributed by atoms with van der Waals surface area (Å²) in [7, 11) is 0. The van der Waals surface area contributed by atoms with Gasteiger partial charge < -0.3 is 5.32 Å². The summed E-state index contributed by atoms with van der Waals surface area (Å²) in [6.07, 6.45) is 6.28. The van der Waals surface area contributed by atoms with E-state index >= 15 is 0 Å². The number of hydrogen-bond donors (Lipinski definition) is 1. The molecule has 0 atom stereocenters. The van der Waals surface area contributed by atoms with Crippen molar-refractivity contribution < 1.29 is 4.79 Å². The van der Waals surface area contributed by atoms with Crippen molar-refractivity contribution in [2.45, 2.75) is 13.5 Å². The zero-order valence-corrected chi connectivity index (χ0v) is 13.4. The molecule has 22 heavy (non-hydrogen) atoms. The first-order chi connectivity index (χ1) is 10.7. The van der Waals surface area contributed by atoms with Crippen molar-refractivity contribution >= 4 is 27.5 Å². The van der Waals surface area contributed by atoms with Crippen LogP contribution in [0.2, 0.25) is 0 Å². The first kappa shape index (κ1) is 14.5. The van der Waals surface area contributed by atoms with Gasteiger partial charge in [0.05, 0.1) is 23.1 Å². The fraction of sp³-hybridized carbons (Fsp3) is 0.143. The summed E-state index contributed by atoms with van der Waals surface area (Å²) in [6, 6.07) is 5.55. The van der Waals surface area contributed by atoms with Crippen LogP contribution in [0, 0.1) is 0 Å². The SMILES string of the molecule is CCn1cc(C(=O)Nc2cc(Br)ccc2-n2cncn2)cn1. The molecule has 112 valence electrons. The fourth-order valence-electron chi connectivity index (χ4n) is 1.99. The maximum atomic E-state index is 12.4. The molecule has 0 saturated heterocycles. The van der Waals surface area contributed by atoms with Crippen LogP contribution >= 0.6 is 15.9 Å². The minimum atomic E-state index is -0.223. The number of amides is 1. The van der Waals surface area contributed by atoms with Crippen molar-refractivity contribution in [3.05, 3.63) is 53.3 Å². The molecular formula is C14H13BrN6O. The lowest BCUT2D eigenvalue weighted by atomic mass is 10.2. The third kappa shape index (κ3) is 2.91. The van der Waals surface area contributed by atoms with E-state index in [2.05, 4.69) is 36.4 Å². The molecule has 1 amide bonds. The van der Waals surface area contributed by atoms with E-state index in [-0.39, 0.29) is 5.91 Å². The second-order valence-electron chi connectivity index (χ2n) is 4.54. The number of carbonyl (C=O) groups excluding carboxylic acids is 1. The predicted molar refractivity (Wildman–Crippen MR) is 84.9 cm³/mol. The van der Waals surface area contributed by atoms with Gasteiger partial charge in [-0.25, -0.2) is 9.67 Å². The molecule has 0 bridgehead atoms. The first-order valence-corrected chi connectivity index (χ1v) is 7.45. The molecule has 0 aliphatic rings. The molecule has 7 nitrogen and oxygen atoms in total. The molecule has 2 heterocycles. The number of carbonyl (C=O) groups is 1. The number of hydrogen-bond acceptors (Lipinski definition) is 4. The second-order valence-corrected chi connectivity index (χ2v) is 5.46.